The fourth-order valence-electron chi connectivity index (χ4n) is 3.80. The zero-order chi connectivity index (χ0) is 20.0. The second-order valence-corrected chi connectivity index (χ2v) is 7.09. The molecule has 0 saturated carbocycles. The molecule has 9 heteroatoms. The first-order valence-corrected chi connectivity index (χ1v) is 9.41. The smallest absolute Gasteiger partial charge is 0.326 e. The summed E-state index contributed by atoms with van der Waals surface area (Å²) in [6, 6.07) is 7.48. The summed E-state index contributed by atoms with van der Waals surface area (Å²) in [4.78, 5) is 18.5. The number of pyridine rings is 1. The van der Waals surface area contributed by atoms with Gasteiger partial charge in [0.25, 0.3) is 0 Å². The fraction of sp³-hybridized carbons (Fsp3) is 0.250. The number of nitrogens with zero attached hydrogens (tertiary/aromatic N) is 4. The van der Waals surface area contributed by atoms with E-state index in [1.54, 1.807) is 0 Å². The van der Waals surface area contributed by atoms with Gasteiger partial charge in [0.2, 0.25) is 0 Å². The van der Waals surface area contributed by atoms with Crippen LogP contribution < -0.4 is 20.7 Å². The SMILES string of the molecule is CNc1cccc2c1[nH]c1nc(Oc3cncc(F)c3)nc(N3CC[C@@H](N)C3)c12. The molecule has 1 aliphatic rings. The molecule has 4 aromatic rings. The highest BCUT2D eigenvalue weighted by molar-refractivity contribution is 6.14. The first-order chi connectivity index (χ1) is 14.1. The molecule has 148 valence electrons. The topological polar surface area (TPSA) is 105 Å². The standard InChI is InChI=1S/C20H20FN7O/c1-23-15-4-2-3-14-16-18(25-17(14)15)26-20(29-13-7-11(21)8-24-9-13)27-19(16)28-6-5-12(22)10-28/h2-4,7-9,12,23H,5-6,10,22H2,1H3,(H,25,26,27)/t12-/m1/s1. The number of rotatable bonds is 4. The maximum Gasteiger partial charge on any atom is 0.326 e. The molecule has 1 atom stereocenters. The molecule has 0 radical (unpaired) electrons. The summed E-state index contributed by atoms with van der Waals surface area (Å²) in [5, 5.41) is 5.12. The molecule has 0 spiro atoms. The number of ether oxygens (including phenoxy) is 1. The van der Waals surface area contributed by atoms with E-state index in [0.29, 0.717) is 12.2 Å². The van der Waals surface area contributed by atoms with E-state index in [-0.39, 0.29) is 17.8 Å². The number of halogens is 1. The van der Waals surface area contributed by atoms with Crippen molar-refractivity contribution in [2.75, 3.05) is 30.4 Å². The second kappa shape index (κ2) is 6.85. The fourth-order valence-corrected chi connectivity index (χ4v) is 3.80. The minimum atomic E-state index is -0.487. The number of fused-ring (bicyclic) bond motifs is 3. The molecule has 1 aliphatic heterocycles. The van der Waals surface area contributed by atoms with E-state index in [1.165, 1.54) is 12.3 Å². The van der Waals surface area contributed by atoms with Gasteiger partial charge in [0.05, 0.1) is 29.0 Å². The van der Waals surface area contributed by atoms with Crippen LogP contribution in [0.5, 0.6) is 11.8 Å². The molecule has 1 fully saturated rings. The highest BCUT2D eigenvalue weighted by Gasteiger charge is 2.25. The number of para-hydroxylation sites is 1. The number of hydrogen-bond acceptors (Lipinski definition) is 7. The van der Waals surface area contributed by atoms with Crippen LogP contribution in [-0.4, -0.2) is 46.1 Å². The van der Waals surface area contributed by atoms with Crippen molar-refractivity contribution in [1.82, 2.24) is 19.9 Å². The molecule has 0 amide bonds. The van der Waals surface area contributed by atoms with Gasteiger partial charge >= 0.3 is 6.01 Å². The van der Waals surface area contributed by atoms with Gasteiger partial charge in [-0.3, -0.25) is 4.98 Å². The van der Waals surface area contributed by atoms with Gasteiger partial charge in [-0.25, -0.2) is 4.39 Å². The van der Waals surface area contributed by atoms with Crippen LogP contribution >= 0.6 is 0 Å². The van der Waals surface area contributed by atoms with Crippen LogP contribution in [0.2, 0.25) is 0 Å². The lowest BCUT2D eigenvalue weighted by atomic mass is 10.1. The van der Waals surface area contributed by atoms with Gasteiger partial charge in [0.1, 0.15) is 17.3 Å². The summed E-state index contributed by atoms with van der Waals surface area (Å²) in [6.45, 7) is 1.50. The van der Waals surface area contributed by atoms with Crippen molar-refractivity contribution in [1.29, 1.82) is 0 Å². The molecular formula is C20H20FN7O. The van der Waals surface area contributed by atoms with Crippen molar-refractivity contribution < 1.29 is 9.13 Å². The molecule has 4 heterocycles. The van der Waals surface area contributed by atoms with Gasteiger partial charge < -0.3 is 25.7 Å². The van der Waals surface area contributed by atoms with Crippen molar-refractivity contribution in [2.24, 2.45) is 5.73 Å². The van der Waals surface area contributed by atoms with Gasteiger partial charge in [-0.05, 0) is 12.5 Å². The molecule has 0 bridgehead atoms. The Morgan fingerprint density at radius 1 is 1.31 bits per heavy atom. The molecule has 1 saturated heterocycles. The van der Waals surface area contributed by atoms with Gasteiger partial charge in [-0.1, -0.05) is 12.1 Å². The van der Waals surface area contributed by atoms with Crippen molar-refractivity contribution in [3.05, 3.63) is 42.5 Å². The molecule has 29 heavy (non-hydrogen) atoms. The summed E-state index contributed by atoms with van der Waals surface area (Å²) in [5.74, 6) is 0.501. The van der Waals surface area contributed by atoms with Crippen LogP contribution in [0.25, 0.3) is 21.9 Å². The number of anilines is 2. The predicted molar refractivity (Wildman–Crippen MR) is 110 cm³/mol. The molecular weight excluding hydrogens is 373 g/mol. The minimum absolute atomic E-state index is 0.0925. The number of hydrogen-bond donors (Lipinski definition) is 3. The predicted octanol–water partition coefficient (Wildman–Crippen LogP) is 3.02. The Balaban J connectivity index is 1.70. The maximum absolute atomic E-state index is 13.5. The molecule has 4 N–H and O–H groups in total. The van der Waals surface area contributed by atoms with E-state index in [0.717, 1.165) is 47.0 Å². The lowest BCUT2D eigenvalue weighted by Gasteiger charge is -2.18. The molecule has 0 aliphatic carbocycles. The Labute approximate surface area is 165 Å². The Hall–Kier alpha value is -3.46. The number of nitrogens with two attached hydrogens (primary N) is 1. The summed E-state index contributed by atoms with van der Waals surface area (Å²) in [7, 11) is 1.87. The van der Waals surface area contributed by atoms with E-state index in [1.807, 2.05) is 25.2 Å². The monoisotopic (exact) mass is 393 g/mol. The number of nitrogens with one attached hydrogen (secondary N) is 2. The summed E-state index contributed by atoms with van der Waals surface area (Å²) in [6.07, 6.45) is 3.43. The summed E-state index contributed by atoms with van der Waals surface area (Å²) >= 11 is 0. The van der Waals surface area contributed by atoms with Crippen molar-refractivity contribution in [2.45, 2.75) is 12.5 Å². The van der Waals surface area contributed by atoms with E-state index < -0.39 is 5.82 Å². The zero-order valence-electron chi connectivity index (χ0n) is 15.8. The van der Waals surface area contributed by atoms with Gasteiger partial charge in [-0.15, -0.1) is 0 Å². The Bertz CT molecular complexity index is 1210. The Kier molecular flexibility index (Phi) is 4.17. The largest absolute Gasteiger partial charge is 0.422 e. The maximum atomic E-state index is 13.5. The number of aromatic amines is 1. The summed E-state index contributed by atoms with van der Waals surface area (Å²) in [5.41, 5.74) is 8.68. The van der Waals surface area contributed by atoms with Gasteiger partial charge in [0, 0.05) is 37.6 Å². The molecule has 1 aromatic carbocycles. The van der Waals surface area contributed by atoms with Gasteiger partial charge in [-0.2, -0.15) is 9.97 Å². The molecule has 0 unspecified atom stereocenters. The normalized spacial score (nSPS) is 16.7. The van der Waals surface area contributed by atoms with Gasteiger partial charge in [0.15, 0.2) is 5.75 Å². The van der Waals surface area contributed by atoms with Crippen molar-refractivity contribution in [3.63, 3.8) is 0 Å². The molecule has 3 aromatic heterocycles. The first-order valence-electron chi connectivity index (χ1n) is 9.41. The summed E-state index contributed by atoms with van der Waals surface area (Å²) < 4.78 is 19.2. The third-order valence-corrected chi connectivity index (χ3v) is 5.13. The average molecular weight is 393 g/mol. The van der Waals surface area contributed by atoms with E-state index in [9.17, 15) is 4.39 Å². The van der Waals surface area contributed by atoms with Crippen LogP contribution in [0.3, 0.4) is 0 Å². The second-order valence-electron chi connectivity index (χ2n) is 7.09. The lowest BCUT2D eigenvalue weighted by Crippen LogP contribution is -2.27. The van der Waals surface area contributed by atoms with Crippen molar-refractivity contribution in [3.8, 4) is 11.8 Å². The Morgan fingerprint density at radius 2 is 2.21 bits per heavy atom. The van der Waals surface area contributed by atoms with Crippen LogP contribution in [0.1, 0.15) is 6.42 Å². The van der Waals surface area contributed by atoms with Crippen LogP contribution in [0, 0.1) is 5.82 Å². The minimum Gasteiger partial charge on any atom is -0.422 e. The highest BCUT2D eigenvalue weighted by Crippen LogP contribution is 2.37. The first kappa shape index (κ1) is 17.6. The number of benzene rings is 1. The average Bonchev–Trinajstić information content (AvgIpc) is 3.30. The third-order valence-electron chi connectivity index (χ3n) is 5.13. The quantitative estimate of drug-likeness (QED) is 0.489. The zero-order valence-corrected chi connectivity index (χ0v) is 15.8. The van der Waals surface area contributed by atoms with Crippen molar-refractivity contribution >= 4 is 33.4 Å². The van der Waals surface area contributed by atoms with E-state index in [4.69, 9.17) is 10.5 Å². The number of aromatic nitrogens is 4. The van der Waals surface area contributed by atoms with Crippen LogP contribution in [-0.2, 0) is 0 Å². The van der Waals surface area contributed by atoms with Crippen LogP contribution in [0.15, 0.2) is 36.7 Å². The Morgan fingerprint density at radius 3 is 2.97 bits per heavy atom. The number of H-pyrrole nitrogens is 1. The molecule has 5 rings (SSSR count). The van der Waals surface area contributed by atoms with Crippen LogP contribution in [0.4, 0.5) is 15.9 Å². The highest BCUT2D eigenvalue weighted by atomic mass is 19.1. The van der Waals surface area contributed by atoms with E-state index >= 15 is 0 Å². The van der Waals surface area contributed by atoms with E-state index in [2.05, 4.69) is 30.2 Å². The lowest BCUT2D eigenvalue weighted by molar-refractivity contribution is 0.437. The molecule has 8 nitrogen and oxygen atoms in total. The third kappa shape index (κ3) is 3.09.